The highest BCUT2D eigenvalue weighted by atomic mass is 16.5. The largest absolute Gasteiger partial charge is 0.493 e. The molecule has 1 aromatic heterocycles. The Morgan fingerprint density at radius 3 is 2.26 bits per heavy atom. The number of rotatable bonds is 4. The van der Waals surface area contributed by atoms with Gasteiger partial charge in [0, 0.05) is 52.0 Å². The van der Waals surface area contributed by atoms with Gasteiger partial charge in [0.25, 0.3) is 0 Å². The molecule has 1 fully saturated rings. The van der Waals surface area contributed by atoms with E-state index in [0.29, 0.717) is 39.0 Å². The Hall–Kier alpha value is -2.76. The number of aromatic nitrogens is 1. The number of aryl methyl sites for hydroxylation is 1. The lowest BCUT2D eigenvalue weighted by Gasteiger charge is -2.35. The van der Waals surface area contributed by atoms with E-state index >= 15 is 0 Å². The second kappa shape index (κ2) is 7.47. The van der Waals surface area contributed by atoms with Crippen LogP contribution in [0.4, 0.5) is 0 Å². The van der Waals surface area contributed by atoms with Gasteiger partial charge in [0.05, 0.1) is 19.4 Å². The van der Waals surface area contributed by atoms with Gasteiger partial charge in [0.2, 0.25) is 11.8 Å². The Kier molecular flexibility index (Phi) is 4.88. The van der Waals surface area contributed by atoms with Crippen LogP contribution in [0.1, 0.15) is 16.7 Å². The quantitative estimate of drug-likeness (QED) is 0.821. The summed E-state index contributed by atoms with van der Waals surface area (Å²) in [6, 6.07) is 7.99. The van der Waals surface area contributed by atoms with Crippen LogP contribution in [0.5, 0.6) is 5.75 Å². The maximum absolute atomic E-state index is 12.6. The van der Waals surface area contributed by atoms with E-state index in [4.69, 9.17) is 4.74 Å². The third-order valence-electron chi connectivity index (χ3n) is 5.34. The van der Waals surface area contributed by atoms with Crippen LogP contribution >= 0.6 is 0 Å². The summed E-state index contributed by atoms with van der Waals surface area (Å²) >= 11 is 0. The van der Waals surface area contributed by atoms with Gasteiger partial charge in [-0.25, -0.2) is 0 Å². The van der Waals surface area contributed by atoms with Gasteiger partial charge in [-0.05, 0) is 28.8 Å². The molecule has 0 N–H and O–H groups in total. The molecule has 2 aliphatic heterocycles. The zero-order chi connectivity index (χ0) is 18.8. The summed E-state index contributed by atoms with van der Waals surface area (Å²) in [5.41, 5.74) is 3.25. The van der Waals surface area contributed by atoms with Gasteiger partial charge in [-0.1, -0.05) is 12.1 Å². The van der Waals surface area contributed by atoms with E-state index in [1.807, 2.05) is 52.0 Å². The third-order valence-corrected chi connectivity index (χ3v) is 5.34. The summed E-state index contributed by atoms with van der Waals surface area (Å²) < 4.78 is 7.47. The van der Waals surface area contributed by atoms with E-state index < -0.39 is 0 Å². The van der Waals surface area contributed by atoms with Crippen LogP contribution in [0.2, 0.25) is 0 Å². The first-order valence-corrected chi connectivity index (χ1v) is 9.49. The number of benzene rings is 1. The van der Waals surface area contributed by atoms with Crippen LogP contribution < -0.4 is 4.74 Å². The average molecular weight is 367 g/mol. The number of amides is 2. The van der Waals surface area contributed by atoms with E-state index in [1.54, 1.807) is 0 Å². The molecule has 2 amide bonds. The minimum absolute atomic E-state index is 0.129. The molecular formula is C21H25N3O3. The molecule has 0 aliphatic carbocycles. The lowest BCUT2D eigenvalue weighted by atomic mass is 10.1. The Labute approximate surface area is 159 Å². The maximum atomic E-state index is 12.6. The molecule has 142 valence electrons. The Morgan fingerprint density at radius 1 is 0.963 bits per heavy atom. The maximum Gasteiger partial charge on any atom is 0.227 e. The predicted molar refractivity (Wildman–Crippen MR) is 102 cm³/mol. The molecule has 0 saturated carbocycles. The molecular weight excluding hydrogens is 342 g/mol. The van der Waals surface area contributed by atoms with Crippen LogP contribution in [0.25, 0.3) is 0 Å². The predicted octanol–water partition coefficient (Wildman–Crippen LogP) is 1.42. The van der Waals surface area contributed by atoms with Gasteiger partial charge in [-0.3, -0.25) is 9.59 Å². The Balaban J connectivity index is 1.28. The van der Waals surface area contributed by atoms with E-state index in [0.717, 1.165) is 29.9 Å². The van der Waals surface area contributed by atoms with Gasteiger partial charge in [-0.15, -0.1) is 0 Å². The van der Waals surface area contributed by atoms with E-state index in [-0.39, 0.29) is 11.8 Å². The standard InChI is InChI=1S/C21H25N3O3/c1-22-6-4-17(15-22)14-21(26)24-9-7-23(8-10-24)20(25)13-16-2-3-19-18(12-16)5-11-27-19/h2-4,6,12,15H,5,7-11,13-14H2,1H3. The van der Waals surface area contributed by atoms with Gasteiger partial charge in [-0.2, -0.15) is 0 Å². The van der Waals surface area contributed by atoms with E-state index in [1.165, 1.54) is 5.56 Å². The van der Waals surface area contributed by atoms with Crippen LogP contribution in [0, 0.1) is 0 Å². The summed E-state index contributed by atoms with van der Waals surface area (Å²) in [7, 11) is 1.95. The molecule has 0 bridgehead atoms. The summed E-state index contributed by atoms with van der Waals surface area (Å²) in [6.45, 7) is 3.15. The highest BCUT2D eigenvalue weighted by Gasteiger charge is 2.24. The Morgan fingerprint density at radius 2 is 1.63 bits per heavy atom. The normalized spacial score (nSPS) is 16.2. The molecule has 1 saturated heterocycles. The molecule has 0 unspecified atom stereocenters. The van der Waals surface area contributed by atoms with Crippen molar-refractivity contribution < 1.29 is 14.3 Å². The summed E-state index contributed by atoms with van der Waals surface area (Å²) in [5, 5.41) is 0. The van der Waals surface area contributed by atoms with Crippen molar-refractivity contribution in [3.63, 3.8) is 0 Å². The van der Waals surface area contributed by atoms with E-state index in [9.17, 15) is 9.59 Å². The van der Waals surface area contributed by atoms with E-state index in [2.05, 4.69) is 6.07 Å². The highest BCUT2D eigenvalue weighted by Crippen LogP contribution is 2.26. The molecule has 3 heterocycles. The number of hydrogen-bond donors (Lipinski definition) is 0. The number of hydrogen-bond acceptors (Lipinski definition) is 3. The number of fused-ring (bicyclic) bond motifs is 1. The number of carbonyl (C=O) groups excluding carboxylic acids is 2. The zero-order valence-electron chi connectivity index (χ0n) is 15.7. The second-order valence-electron chi connectivity index (χ2n) is 7.34. The first-order chi connectivity index (χ1) is 13.1. The fourth-order valence-electron chi connectivity index (χ4n) is 3.79. The van der Waals surface area contributed by atoms with Crippen molar-refractivity contribution >= 4 is 11.8 Å². The van der Waals surface area contributed by atoms with Crippen LogP contribution in [0.15, 0.2) is 36.7 Å². The van der Waals surface area contributed by atoms with Gasteiger partial charge >= 0.3 is 0 Å². The lowest BCUT2D eigenvalue weighted by Crippen LogP contribution is -2.51. The molecule has 0 radical (unpaired) electrons. The fourth-order valence-corrected chi connectivity index (χ4v) is 3.79. The molecule has 1 aromatic carbocycles. The third kappa shape index (κ3) is 3.99. The van der Waals surface area contributed by atoms with Crippen molar-refractivity contribution in [2.75, 3.05) is 32.8 Å². The zero-order valence-corrected chi connectivity index (χ0v) is 15.7. The molecule has 2 aliphatic rings. The van der Waals surface area contributed by atoms with Gasteiger partial charge in [0.1, 0.15) is 5.75 Å². The van der Waals surface area contributed by atoms with Crippen molar-refractivity contribution in [1.82, 2.24) is 14.4 Å². The average Bonchev–Trinajstić information content (AvgIpc) is 3.30. The molecule has 0 spiro atoms. The minimum atomic E-state index is 0.129. The number of ether oxygens (including phenoxy) is 1. The summed E-state index contributed by atoms with van der Waals surface area (Å²) in [5.74, 6) is 1.20. The van der Waals surface area contributed by atoms with Crippen molar-refractivity contribution in [3.05, 3.63) is 53.3 Å². The molecule has 27 heavy (non-hydrogen) atoms. The summed E-state index contributed by atoms with van der Waals surface area (Å²) in [6.07, 6.45) is 5.67. The fraction of sp³-hybridized carbons (Fsp3) is 0.429. The van der Waals surface area contributed by atoms with Gasteiger partial charge in [0.15, 0.2) is 0 Å². The van der Waals surface area contributed by atoms with Crippen molar-refractivity contribution in [2.24, 2.45) is 7.05 Å². The monoisotopic (exact) mass is 367 g/mol. The lowest BCUT2D eigenvalue weighted by molar-refractivity contribution is -0.138. The summed E-state index contributed by atoms with van der Waals surface area (Å²) in [4.78, 5) is 28.8. The van der Waals surface area contributed by atoms with Crippen molar-refractivity contribution in [1.29, 1.82) is 0 Å². The number of carbonyl (C=O) groups is 2. The minimum Gasteiger partial charge on any atom is -0.493 e. The molecule has 2 aromatic rings. The topological polar surface area (TPSA) is 54.8 Å². The number of nitrogens with zero attached hydrogens (tertiary/aromatic N) is 3. The first kappa shape index (κ1) is 17.6. The molecule has 6 nitrogen and oxygen atoms in total. The molecule has 4 rings (SSSR count). The first-order valence-electron chi connectivity index (χ1n) is 9.49. The second-order valence-corrected chi connectivity index (χ2v) is 7.34. The van der Waals surface area contributed by atoms with Crippen LogP contribution in [0.3, 0.4) is 0 Å². The highest BCUT2D eigenvalue weighted by molar-refractivity contribution is 5.81. The molecule has 0 atom stereocenters. The Bertz CT molecular complexity index is 850. The number of piperazine rings is 1. The van der Waals surface area contributed by atoms with Crippen LogP contribution in [-0.2, 0) is 35.9 Å². The molecule has 6 heteroatoms. The SMILES string of the molecule is Cn1ccc(CC(=O)N2CCN(C(=O)Cc3ccc4c(c3)CCO4)CC2)c1. The smallest absolute Gasteiger partial charge is 0.227 e. The van der Waals surface area contributed by atoms with Crippen molar-refractivity contribution in [2.45, 2.75) is 19.3 Å². The van der Waals surface area contributed by atoms with Crippen LogP contribution in [-0.4, -0.2) is 59.0 Å². The van der Waals surface area contributed by atoms with Crippen molar-refractivity contribution in [3.8, 4) is 5.75 Å². The van der Waals surface area contributed by atoms with Gasteiger partial charge < -0.3 is 19.1 Å².